The van der Waals surface area contributed by atoms with Crippen LogP contribution in [0.3, 0.4) is 0 Å². The van der Waals surface area contributed by atoms with Crippen LogP contribution < -0.4 is 20.7 Å². The van der Waals surface area contributed by atoms with Gasteiger partial charge in [0.15, 0.2) is 17.0 Å². The number of anilines is 2. The number of aromatic nitrogens is 4. The van der Waals surface area contributed by atoms with Crippen LogP contribution in [0.25, 0.3) is 11.2 Å². The Balaban J connectivity index is 1.53. The zero-order chi connectivity index (χ0) is 28.4. The fraction of sp³-hybridized carbons (Fsp3) is 0.500. The summed E-state index contributed by atoms with van der Waals surface area (Å²) in [6, 6.07) is 7.86. The van der Waals surface area contributed by atoms with Crippen LogP contribution in [0.1, 0.15) is 40.3 Å². The molecule has 1 unspecified atom stereocenters. The van der Waals surface area contributed by atoms with Gasteiger partial charge in [-0.3, -0.25) is 9.36 Å². The second kappa shape index (κ2) is 11.7. The van der Waals surface area contributed by atoms with Crippen LogP contribution in [0.2, 0.25) is 0 Å². The van der Waals surface area contributed by atoms with E-state index in [1.54, 1.807) is 56.7 Å². The van der Waals surface area contributed by atoms with E-state index in [1.165, 1.54) is 6.33 Å². The summed E-state index contributed by atoms with van der Waals surface area (Å²) in [6.45, 7) is 2.92. The molecule has 0 saturated carbocycles. The number of rotatable bonds is 11. The van der Waals surface area contributed by atoms with Crippen molar-refractivity contribution in [2.75, 3.05) is 24.7 Å². The van der Waals surface area contributed by atoms with Gasteiger partial charge in [-0.05, 0) is 44.7 Å². The number of fused-ring (bicyclic) bond motifs is 1. The monoisotopic (exact) mass is 581 g/mol. The molecule has 15 heteroatoms. The van der Waals surface area contributed by atoms with E-state index in [0.29, 0.717) is 22.7 Å². The van der Waals surface area contributed by atoms with Gasteiger partial charge in [0, 0.05) is 19.4 Å². The van der Waals surface area contributed by atoms with E-state index >= 15 is 4.39 Å². The average molecular weight is 582 g/mol. The van der Waals surface area contributed by atoms with Crippen LogP contribution in [-0.2, 0) is 30.6 Å². The van der Waals surface area contributed by atoms with Gasteiger partial charge in [0.05, 0.1) is 12.4 Å². The molecule has 0 spiro atoms. The van der Waals surface area contributed by atoms with Gasteiger partial charge in [-0.25, -0.2) is 14.5 Å². The van der Waals surface area contributed by atoms with Gasteiger partial charge in [-0.2, -0.15) is 9.97 Å². The molecule has 1 aliphatic heterocycles. The summed E-state index contributed by atoms with van der Waals surface area (Å²) in [5.74, 6) is -2.12. The van der Waals surface area contributed by atoms with Crippen LogP contribution in [0.15, 0.2) is 36.7 Å². The first-order valence-electron chi connectivity index (χ1n) is 12.4. The van der Waals surface area contributed by atoms with E-state index in [9.17, 15) is 4.79 Å². The van der Waals surface area contributed by atoms with Gasteiger partial charge in [0.25, 0.3) is 0 Å². The number of nitrogen functional groups attached to an aromatic ring is 1. The minimum Gasteiger partial charge on any atom is -0.462 e. The lowest BCUT2D eigenvalue weighted by Crippen LogP contribution is -2.37. The Labute approximate surface area is 231 Å². The number of imidazole rings is 1. The van der Waals surface area contributed by atoms with Crippen molar-refractivity contribution in [3.05, 3.63) is 36.7 Å². The third-order valence-electron chi connectivity index (χ3n) is 5.87. The van der Waals surface area contributed by atoms with Gasteiger partial charge in [-0.1, -0.05) is 25.1 Å². The van der Waals surface area contributed by atoms with Crippen molar-refractivity contribution in [2.45, 2.75) is 58.3 Å². The first-order valence-corrected chi connectivity index (χ1v) is 15.1. The topological polar surface area (TPSA) is 148 Å². The molecule has 2 aromatic heterocycles. The Kier molecular flexibility index (Phi) is 8.72. The van der Waals surface area contributed by atoms with Crippen LogP contribution >= 0.6 is 6.64 Å². The molecule has 3 aromatic rings. The lowest BCUT2D eigenvalue weighted by molar-refractivity contribution is -0.172. The average Bonchev–Trinajstić information content (AvgIpc) is 3.42. The molecule has 1 aromatic carbocycles. The largest absolute Gasteiger partial charge is 0.462 e. The lowest BCUT2D eigenvalue weighted by Gasteiger charge is -2.29. The van der Waals surface area contributed by atoms with Crippen LogP contribution in [-0.4, -0.2) is 57.1 Å². The maximum Gasteiger partial charge on any atom is 0.323 e. The number of carbonyl (C=O) groups is 1. The highest BCUT2D eigenvalue weighted by atomic mass is 32.5. The number of nitrogens with one attached hydrogen (secondary N) is 2. The third kappa shape index (κ3) is 6.82. The highest BCUT2D eigenvalue weighted by Gasteiger charge is 2.48. The maximum atomic E-state index is 16.1. The molecule has 4 N–H and O–H groups in total. The van der Waals surface area contributed by atoms with Crippen molar-refractivity contribution < 1.29 is 27.7 Å². The fourth-order valence-electron chi connectivity index (χ4n) is 4.20. The molecule has 1 aliphatic rings. The molecule has 1 fully saturated rings. The number of alkyl halides is 1. The van der Waals surface area contributed by atoms with Gasteiger partial charge in [0.1, 0.15) is 24.6 Å². The molecule has 4 rings (SSSR count). The number of nitrogens with two attached hydrogens (primary N) is 1. The summed E-state index contributed by atoms with van der Waals surface area (Å²) in [4.78, 5) is 25.2. The summed E-state index contributed by atoms with van der Waals surface area (Å²) >= 11 is 5.69. The first-order chi connectivity index (χ1) is 18.4. The SMILES string of the molecule is CNc1nc(N)nc2c1ncn2[C@@H]1O[C@](F)(COP(=S)(N[C@@H](C)C(=O)OC(C)C)Oc2ccccc2)C[C@@H]1C. The summed E-state index contributed by atoms with van der Waals surface area (Å²) in [5.41, 5.74) is 6.75. The highest BCUT2D eigenvalue weighted by molar-refractivity contribution is 8.09. The van der Waals surface area contributed by atoms with Crippen molar-refractivity contribution in [1.82, 2.24) is 24.6 Å². The molecule has 0 amide bonds. The zero-order valence-electron chi connectivity index (χ0n) is 22.3. The van der Waals surface area contributed by atoms with Gasteiger partial charge in [0.2, 0.25) is 11.8 Å². The smallest absolute Gasteiger partial charge is 0.323 e. The molecule has 5 atom stereocenters. The van der Waals surface area contributed by atoms with E-state index in [-0.39, 0.29) is 24.4 Å². The summed E-state index contributed by atoms with van der Waals surface area (Å²) < 4.78 is 40.8. The second-order valence-corrected chi connectivity index (χ2v) is 12.7. The highest BCUT2D eigenvalue weighted by Crippen LogP contribution is 2.49. The summed E-state index contributed by atoms with van der Waals surface area (Å²) in [7, 11) is 1.69. The molecule has 212 valence electrons. The first kappa shape index (κ1) is 29.1. The Bertz CT molecular complexity index is 1360. The van der Waals surface area contributed by atoms with Crippen molar-refractivity contribution in [1.29, 1.82) is 0 Å². The van der Waals surface area contributed by atoms with Crippen molar-refractivity contribution in [2.24, 2.45) is 5.92 Å². The molecule has 0 bridgehead atoms. The predicted octanol–water partition coefficient (Wildman–Crippen LogP) is 3.92. The third-order valence-corrected chi connectivity index (χ3v) is 8.35. The van der Waals surface area contributed by atoms with E-state index in [0.717, 1.165) is 0 Å². The molecule has 1 saturated heterocycles. The van der Waals surface area contributed by atoms with Crippen molar-refractivity contribution >= 4 is 47.3 Å². The van der Waals surface area contributed by atoms with Crippen LogP contribution in [0, 0.1) is 5.92 Å². The molecule has 39 heavy (non-hydrogen) atoms. The number of ether oxygens (including phenoxy) is 2. The standard InChI is InChI=1S/C24H33FN7O5PS/c1-14(2)35-22(33)16(4)31-38(39,37-17-9-7-6-8-10-17)34-12-24(25)11-15(3)21(36-24)32-13-28-18-19(27-5)29-23(26)30-20(18)32/h6-10,13-16,21H,11-12H2,1-5H3,(H,31,39)(H3,26,27,29,30)/t15-,16-,21+,24-,38?/m0/s1. The Morgan fingerprint density at radius 3 is 2.72 bits per heavy atom. The van der Waals surface area contributed by atoms with Gasteiger partial charge >= 0.3 is 12.6 Å². The molecule has 0 radical (unpaired) electrons. The fourth-order valence-corrected chi connectivity index (χ4v) is 6.61. The number of esters is 1. The van der Waals surface area contributed by atoms with Gasteiger partial charge in [-0.15, -0.1) is 0 Å². The van der Waals surface area contributed by atoms with Gasteiger partial charge < -0.3 is 29.6 Å². The van der Waals surface area contributed by atoms with Crippen molar-refractivity contribution in [3.8, 4) is 5.75 Å². The van der Waals surface area contributed by atoms with E-state index in [4.69, 9.17) is 36.1 Å². The Morgan fingerprint density at radius 2 is 2.05 bits per heavy atom. The lowest BCUT2D eigenvalue weighted by atomic mass is 10.1. The zero-order valence-corrected chi connectivity index (χ0v) is 24.0. The number of carbonyl (C=O) groups excluding carboxylic acids is 1. The number of para-hydroxylation sites is 1. The molecule has 12 nitrogen and oxygen atoms in total. The Morgan fingerprint density at radius 1 is 1.33 bits per heavy atom. The number of halogens is 1. The number of hydrogen-bond donors (Lipinski definition) is 3. The van der Waals surface area contributed by atoms with Crippen LogP contribution in [0.5, 0.6) is 5.75 Å². The number of nitrogens with zero attached hydrogens (tertiary/aromatic N) is 4. The summed E-state index contributed by atoms with van der Waals surface area (Å²) in [5, 5.41) is 5.84. The Hall–Kier alpha value is -2.90. The van der Waals surface area contributed by atoms with Crippen molar-refractivity contribution in [3.63, 3.8) is 0 Å². The predicted molar refractivity (Wildman–Crippen MR) is 148 cm³/mol. The second-order valence-electron chi connectivity index (χ2n) is 9.59. The van der Waals surface area contributed by atoms with E-state index in [2.05, 4.69) is 25.4 Å². The maximum absolute atomic E-state index is 16.1. The van der Waals surface area contributed by atoms with E-state index < -0.39 is 37.3 Å². The normalized spacial score (nSPS) is 23.5. The summed E-state index contributed by atoms with van der Waals surface area (Å²) in [6.07, 6.45) is 0.449. The molecular weight excluding hydrogens is 548 g/mol. The minimum absolute atomic E-state index is 0.00239. The minimum atomic E-state index is -3.45. The quantitative estimate of drug-likeness (QED) is 0.223. The van der Waals surface area contributed by atoms with E-state index in [1.807, 2.05) is 13.0 Å². The molecular formula is C24H33FN7O5PS. The number of hydrogen-bond acceptors (Lipinski definition) is 11. The van der Waals surface area contributed by atoms with Crippen LogP contribution in [0.4, 0.5) is 16.2 Å². The number of benzene rings is 1. The molecule has 0 aliphatic carbocycles. The molecule has 3 heterocycles.